The number of anilines is 1. The van der Waals surface area contributed by atoms with Gasteiger partial charge in [-0.1, -0.05) is 11.8 Å². The lowest BCUT2D eigenvalue weighted by Crippen LogP contribution is -2.37. The summed E-state index contributed by atoms with van der Waals surface area (Å²) in [6.45, 7) is 3.64. The molecule has 2 rings (SSSR count). The van der Waals surface area contributed by atoms with Crippen LogP contribution in [0.5, 0.6) is 0 Å². The van der Waals surface area contributed by atoms with Gasteiger partial charge < -0.3 is 5.73 Å². The summed E-state index contributed by atoms with van der Waals surface area (Å²) in [7, 11) is 0. The normalized spacial score (nSPS) is 19.9. The number of likely N-dealkylation sites (tertiary alicyclic amines) is 1. The lowest BCUT2D eigenvalue weighted by molar-refractivity contribution is -0.140. The number of thioether (sulfide) groups is 1. The quantitative estimate of drug-likeness (QED) is 0.809. The number of carbonyl (C=O) groups excluding carboxylic acids is 2. The van der Waals surface area contributed by atoms with Crippen LogP contribution in [-0.2, 0) is 9.59 Å². The van der Waals surface area contributed by atoms with Crippen molar-refractivity contribution in [3.8, 4) is 0 Å². The van der Waals surface area contributed by atoms with E-state index in [0.717, 1.165) is 0 Å². The second-order valence-electron chi connectivity index (χ2n) is 4.25. The molecule has 0 saturated carbocycles. The molecule has 96 valence electrons. The number of nitrogen functional groups attached to an aromatic ring is 1. The molecule has 1 aliphatic rings. The van der Waals surface area contributed by atoms with Gasteiger partial charge in [0.2, 0.25) is 11.8 Å². The van der Waals surface area contributed by atoms with Gasteiger partial charge in [0, 0.05) is 24.9 Å². The molecular weight excluding hydrogens is 252 g/mol. The molecule has 2 amide bonds. The van der Waals surface area contributed by atoms with E-state index in [2.05, 4.69) is 9.97 Å². The third kappa shape index (κ3) is 2.31. The minimum atomic E-state index is -0.445. The van der Waals surface area contributed by atoms with Gasteiger partial charge in [-0.25, -0.2) is 9.97 Å². The minimum absolute atomic E-state index is 0.116. The largest absolute Gasteiger partial charge is 0.381 e. The zero-order valence-electron chi connectivity index (χ0n) is 10.2. The highest BCUT2D eigenvalue weighted by atomic mass is 32.2. The van der Waals surface area contributed by atoms with Gasteiger partial charge in [0.1, 0.15) is 5.03 Å². The summed E-state index contributed by atoms with van der Waals surface area (Å²) >= 11 is 1.20. The predicted octanol–water partition coefficient (Wildman–Crippen LogP) is 0.687. The Bertz CT molecular complexity index is 492. The first-order chi connectivity index (χ1) is 8.50. The van der Waals surface area contributed by atoms with Gasteiger partial charge in [0.25, 0.3) is 0 Å². The first-order valence-corrected chi connectivity index (χ1v) is 6.47. The third-order valence-corrected chi connectivity index (χ3v) is 3.79. The molecule has 2 heterocycles. The molecule has 1 fully saturated rings. The maximum absolute atomic E-state index is 12.1. The third-order valence-electron chi connectivity index (χ3n) is 2.60. The van der Waals surface area contributed by atoms with Crippen LogP contribution in [0.2, 0.25) is 0 Å². The molecule has 0 spiro atoms. The Morgan fingerprint density at radius 3 is 2.61 bits per heavy atom. The lowest BCUT2D eigenvalue weighted by atomic mass is 10.3. The molecule has 0 bridgehead atoms. The molecule has 7 heteroatoms. The van der Waals surface area contributed by atoms with Crippen molar-refractivity contribution < 1.29 is 9.59 Å². The Kier molecular flexibility index (Phi) is 3.51. The Balaban J connectivity index is 2.15. The van der Waals surface area contributed by atoms with Crippen LogP contribution in [0, 0.1) is 0 Å². The number of nitrogens with two attached hydrogens (primary N) is 1. The molecule has 18 heavy (non-hydrogen) atoms. The molecule has 1 aromatic rings. The molecule has 0 radical (unpaired) electrons. The summed E-state index contributed by atoms with van der Waals surface area (Å²) in [5, 5.41) is 0.0492. The van der Waals surface area contributed by atoms with Crippen LogP contribution in [0.1, 0.15) is 20.3 Å². The average molecular weight is 266 g/mol. The van der Waals surface area contributed by atoms with Crippen molar-refractivity contribution in [1.29, 1.82) is 0 Å². The second kappa shape index (κ2) is 4.93. The van der Waals surface area contributed by atoms with Crippen LogP contribution in [0.3, 0.4) is 0 Å². The van der Waals surface area contributed by atoms with Crippen molar-refractivity contribution in [3.63, 3.8) is 0 Å². The van der Waals surface area contributed by atoms with Crippen LogP contribution < -0.4 is 5.73 Å². The summed E-state index contributed by atoms with van der Waals surface area (Å²) in [6.07, 6.45) is 3.19. The topological polar surface area (TPSA) is 89.2 Å². The highest BCUT2D eigenvalue weighted by Gasteiger charge is 2.40. The van der Waals surface area contributed by atoms with Crippen molar-refractivity contribution in [1.82, 2.24) is 14.9 Å². The van der Waals surface area contributed by atoms with Crippen molar-refractivity contribution in [2.45, 2.75) is 36.6 Å². The van der Waals surface area contributed by atoms with E-state index in [9.17, 15) is 9.59 Å². The van der Waals surface area contributed by atoms with Gasteiger partial charge in [0.05, 0.1) is 5.25 Å². The standard InChI is InChI=1S/C11H14N4O2S/c1-6(2)15-8(16)5-7(11(15)17)18-10-9(12)13-3-4-14-10/h3-4,6-7H,5H2,1-2H3,(H2,12,13). The van der Waals surface area contributed by atoms with Gasteiger partial charge in [-0.15, -0.1) is 0 Å². The molecule has 1 atom stereocenters. The molecule has 2 N–H and O–H groups in total. The Morgan fingerprint density at radius 2 is 2.06 bits per heavy atom. The molecule has 0 aromatic carbocycles. The summed E-state index contributed by atoms with van der Waals surface area (Å²) in [5.41, 5.74) is 5.67. The van der Waals surface area contributed by atoms with Crippen LogP contribution in [0.25, 0.3) is 0 Å². The van der Waals surface area contributed by atoms with Gasteiger partial charge in [-0.2, -0.15) is 0 Å². The monoisotopic (exact) mass is 266 g/mol. The first kappa shape index (κ1) is 12.8. The van der Waals surface area contributed by atoms with Crippen molar-refractivity contribution in [2.24, 2.45) is 0 Å². The van der Waals surface area contributed by atoms with E-state index in [1.165, 1.54) is 29.1 Å². The molecule has 6 nitrogen and oxygen atoms in total. The Hall–Kier alpha value is -1.63. The number of hydrogen-bond acceptors (Lipinski definition) is 6. The van der Waals surface area contributed by atoms with E-state index < -0.39 is 5.25 Å². The van der Waals surface area contributed by atoms with E-state index in [0.29, 0.717) is 5.03 Å². The number of amides is 2. The van der Waals surface area contributed by atoms with Crippen molar-refractivity contribution in [3.05, 3.63) is 12.4 Å². The highest BCUT2D eigenvalue weighted by molar-refractivity contribution is 8.00. The zero-order chi connectivity index (χ0) is 13.3. The zero-order valence-corrected chi connectivity index (χ0v) is 11.0. The molecular formula is C11H14N4O2S. The summed E-state index contributed by atoms with van der Waals surface area (Å²) in [6, 6.07) is -0.116. The highest BCUT2D eigenvalue weighted by Crippen LogP contribution is 2.32. The van der Waals surface area contributed by atoms with Crippen molar-refractivity contribution >= 4 is 29.4 Å². The first-order valence-electron chi connectivity index (χ1n) is 5.59. The predicted molar refractivity (Wildman–Crippen MR) is 67.7 cm³/mol. The number of nitrogens with zero attached hydrogens (tertiary/aromatic N) is 3. The van der Waals surface area contributed by atoms with Crippen LogP contribution in [-0.4, -0.2) is 38.0 Å². The fraction of sp³-hybridized carbons (Fsp3) is 0.455. The maximum Gasteiger partial charge on any atom is 0.243 e. The maximum atomic E-state index is 12.1. The van der Waals surface area contributed by atoms with Gasteiger partial charge in [0.15, 0.2) is 5.82 Å². The lowest BCUT2D eigenvalue weighted by Gasteiger charge is -2.18. The van der Waals surface area contributed by atoms with E-state index >= 15 is 0 Å². The number of hydrogen-bond donors (Lipinski definition) is 1. The van der Waals surface area contributed by atoms with Crippen molar-refractivity contribution in [2.75, 3.05) is 5.73 Å². The fourth-order valence-corrected chi connectivity index (χ4v) is 2.82. The average Bonchev–Trinajstić information content (AvgIpc) is 2.57. The summed E-state index contributed by atoms with van der Waals surface area (Å²) in [5.74, 6) is -0.0363. The van der Waals surface area contributed by atoms with Gasteiger partial charge in [-0.05, 0) is 13.8 Å². The van der Waals surface area contributed by atoms with Crippen LogP contribution in [0.4, 0.5) is 5.82 Å². The summed E-state index contributed by atoms with van der Waals surface area (Å²) in [4.78, 5) is 33.1. The molecule has 1 saturated heterocycles. The number of rotatable bonds is 3. The number of imide groups is 1. The SMILES string of the molecule is CC(C)N1C(=O)CC(Sc2nccnc2N)C1=O. The number of carbonyl (C=O) groups is 2. The second-order valence-corrected chi connectivity index (χ2v) is 5.44. The van der Waals surface area contributed by atoms with Gasteiger partial charge >= 0.3 is 0 Å². The van der Waals surface area contributed by atoms with Crippen LogP contribution in [0.15, 0.2) is 17.4 Å². The van der Waals surface area contributed by atoms with E-state index in [1.54, 1.807) is 0 Å². The molecule has 1 aliphatic heterocycles. The van der Waals surface area contributed by atoms with E-state index in [4.69, 9.17) is 5.73 Å². The molecule has 1 aromatic heterocycles. The summed E-state index contributed by atoms with van der Waals surface area (Å²) < 4.78 is 0. The fourth-order valence-electron chi connectivity index (χ4n) is 1.82. The van der Waals surface area contributed by atoms with E-state index in [-0.39, 0.29) is 30.1 Å². The van der Waals surface area contributed by atoms with Crippen LogP contribution >= 0.6 is 11.8 Å². The van der Waals surface area contributed by atoms with E-state index in [1.807, 2.05) is 13.8 Å². The Labute approximate surface area is 109 Å². The van der Waals surface area contributed by atoms with Gasteiger partial charge in [-0.3, -0.25) is 14.5 Å². The Morgan fingerprint density at radius 1 is 1.39 bits per heavy atom. The minimum Gasteiger partial charge on any atom is -0.381 e. The molecule has 0 aliphatic carbocycles. The smallest absolute Gasteiger partial charge is 0.243 e. The molecule has 1 unspecified atom stereocenters. The number of aromatic nitrogens is 2.